The maximum Gasteiger partial charge on any atom is 0.230 e. The number of carbonyl (C=O) groups excluding carboxylic acids is 1. The number of nitrogens with one attached hydrogen (secondary N) is 1. The number of thioether (sulfide) groups is 1. The van der Waals surface area contributed by atoms with Crippen LogP contribution in [-0.2, 0) is 10.5 Å². The summed E-state index contributed by atoms with van der Waals surface area (Å²) < 4.78 is 5.51. The highest BCUT2D eigenvalue weighted by atomic mass is 35.5. The van der Waals surface area contributed by atoms with Crippen molar-refractivity contribution in [3.63, 3.8) is 0 Å². The monoisotopic (exact) mass is 405 g/mol. The van der Waals surface area contributed by atoms with Crippen molar-refractivity contribution in [2.75, 3.05) is 12.9 Å². The number of hydrogen-bond acceptors (Lipinski definition) is 3. The third kappa shape index (κ3) is 5.91. The number of hydrogen-bond donors (Lipinski definition) is 1. The van der Waals surface area contributed by atoms with E-state index < -0.39 is 0 Å². The van der Waals surface area contributed by atoms with Crippen LogP contribution in [0.2, 0.25) is 5.02 Å². The summed E-state index contributed by atoms with van der Waals surface area (Å²) in [4.78, 5) is 12.4. The number of carbonyl (C=O) groups is 1. The molecule has 0 aliphatic rings. The van der Waals surface area contributed by atoms with E-state index in [4.69, 9.17) is 16.3 Å². The van der Waals surface area contributed by atoms with Gasteiger partial charge in [-0.05, 0) is 60.2 Å². The molecule has 0 unspecified atom stereocenters. The first kappa shape index (κ1) is 21.6. The lowest BCUT2D eigenvalue weighted by molar-refractivity contribution is -0.119. The maximum atomic E-state index is 12.4. The molecular weight excluding hydrogens is 378 g/mol. The molecule has 0 spiro atoms. The Kier molecular flexibility index (Phi) is 8.06. The van der Waals surface area contributed by atoms with Crippen LogP contribution in [0.15, 0.2) is 36.4 Å². The second-order valence-corrected chi connectivity index (χ2v) is 8.37. The van der Waals surface area contributed by atoms with Gasteiger partial charge in [-0.3, -0.25) is 4.79 Å². The van der Waals surface area contributed by atoms with Crippen LogP contribution < -0.4 is 10.1 Å². The van der Waals surface area contributed by atoms with E-state index in [-0.39, 0.29) is 11.9 Å². The van der Waals surface area contributed by atoms with E-state index in [1.165, 1.54) is 0 Å². The second-order valence-electron chi connectivity index (χ2n) is 6.98. The molecule has 27 heavy (non-hydrogen) atoms. The first-order chi connectivity index (χ1) is 12.8. The fourth-order valence-electron chi connectivity index (χ4n) is 3.04. The Bertz CT molecular complexity index is 792. The van der Waals surface area contributed by atoms with E-state index in [2.05, 4.69) is 38.2 Å². The highest BCUT2D eigenvalue weighted by Gasteiger charge is 2.17. The van der Waals surface area contributed by atoms with Crippen LogP contribution in [0.5, 0.6) is 5.75 Å². The summed E-state index contributed by atoms with van der Waals surface area (Å²) in [6, 6.07) is 11.9. The summed E-state index contributed by atoms with van der Waals surface area (Å²) in [5, 5.41) is 3.85. The van der Waals surface area contributed by atoms with E-state index >= 15 is 0 Å². The fourth-order valence-corrected chi connectivity index (χ4v) is 4.16. The molecule has 0 saturated carbocycles. The van der Waals surface area contributed by atoms with Crippen molar-refractivity contribution >= 4 is 29.3 Å². The van der Waals surface area contributed by atoms with Crippen molar-refractivity contribution in [2.45, 2.75) is 45.4 Å². The van der Waals surface area contributed by atoms with E-state index in [9.17, 15) is 4.79 Å². The van der Waals surface area contributed by atoms with Gasteiger partial charge in [0.25, 0.3) is 0 Å². The Labute approximate surface area is 171 Å². The van der Waals surface area contributed by atoms with Gasteiger partial charge < -0.3 is 10.1 Å². The first-order valence-electron chi connectivity index (χ1n) is 9.12. The fraction of sp³-hybridized carbons (Fsp3) is 0.409. The lowest BCUT2D eigenvalue weighted by atomic mass is 9.93. The largest absolute Gasteiger partial charge is 0.496 e. The normalized spacial score (nSPS) is 12.1. The summed E-state index contributed by atoms with van der Waals surface area (Å²) in [6.07, 6.45) is 0. The van der Waals surface area contributed by atoms with Gasteiger partial charge in [0.1, 0.15) is 5.75 Å². The first-order valence-corrected chi connectivity index (χ1v) is 10.7. The summed E-state index contributed by atoms with van der Waals surface area (Å²) >= 11 is 7.73. The van der Waals surface area contributed by atoms with Crippen molar-refractivity contribution in [1.29, 1.82) is 0 Å². The van der Waals surface area contributed by atoms with Crippen molar-refractivity contribution in [1.82, 2.24) is 5.32 Å². The Morgan fingerprint density at radius 2 is 1.89 bits per heavy atom. The van der Waals surface area contributed by atoms with Crippen molar-refractivity contribution in [3.05, 3.63) is 63.7 Å². The quantitative estimate of drug-likeness (QED) is 0.594. The molecule has 5 heteroatoms. The lowest BCUT2D eigenvalue weighted by Crippen LogP contribution is -2.28. The van der Waals surface area contributed by atoms with Crippen LogP contribution in [0.1, 0.15) is 55.0 Å². The van der Waals surface area contributed by atoms with Crippen molar-refractivity contribution in [3.8, 4) is 5.75 Å². The summed E-state index contributed by atoms with van der Waals surface area (Å²) in [5.41, 5.74) is 4.46. The Balaban J connectivity index is 1.98. The number of halogens is 1. The van der Waals surface area contributed by atoms with Crippen LogP contribution in [0.3, 0.4) is 0 Å². The molecule has 0 aliphatic carbocycles. The standard InChI is InChI=1S/C22H28ClNO2S/c1-14(2)18-11-19(15(3)10-21(18)26-5)16(4)24-22(25)13-27-12-17-8-6-7-9-20(17)23/h6-11,14,16H,12-13H2,1-5H3,(H,24,25)/t16-/m1/s1. The van der Waals surface area contributed by atoms with E-state index in [1.54, 1.807) is 18.9 Å². The highest BCUT2D eigenvalue weighted by molar-refractivity contribution is 7.99. The Hall–Kier alpha value is -1.65. The number of aryl methyl sites for hydroxylation is 1. The minimum absolute atomic E-state index is 0.0286. The SMILES string of the molecule is COc1cc(C)c([C@@H](C)NC(=O)CSCc2ccccc2Cl)cc1C(C)C. The molecule has 1 N–H and O–H groups in total. The van der Waals surface area contributed by atoms with Crippen LogP contribution in [0.25, 0.3) is 0 Å². The number of benzene rings is 2. The molecule has 0 saturated heterocycles. The lowest BCUT2D eigenvalue weighted by Gasteiger charge is -2.21. The maximum absolute atomic E-state index is 12.4. The van der Waals surface area contributed by atoms with Gasteiger partial charge in [-0.1, -0.05) is 43.6 Å². The second kappa shape index (κ2) is 10.0. The molecule has 0 radical (unpaired) electrons. The van der Waals surface area contributed by atoms with Gasteiger partial charge in [0.15, 0.2) is 0 Å². The minimum Gasteiger partial charge on any atom is -0.496 e. The smallest absolute Gasteiger partial charge is 0.230 e. The van der Waals surface area contributed by atoms with Gasteiger partial charge in [0, 0.05) is 10.8 Å². The zero-order chi connectivity index (χ0) is 20.0. The molecule has 0 aliphatic heterocycles. The van der Waals surface area contributed by atoms with Crippen LogP contribution in [0, 0.1) is 6.92 Å². The third-order valence-corrected chi connectivity index (χ3v) is 5.88. The average Bonchev–Trinajstić information content (AvgIpc) is 2.62. The summed E-state index contributed by atoms with van der Waals surface area (Å²) in [6.45, 7) is 8.36. The van der Waals surface area contributed by atoms with Gasteiger partial charge >= 0.3 is 0 Å². The van der Waals surface area contributed by atoms with Crippen molar-refractivity contribution in [2.24, 2.45) is 0 Å². The average molecular weight is 406 g/mol. The molecule has 146 valence electrons. The Morgan fingerprint density at radius 1 is 1.19 bits per heavy atom. The van der Waals surface area contributed by atoms with Gasteiger partial charge in [-0.2, -0.15) is 0 Å². The van der Waals surface area contributed by atoms with Crippen LogP contribution in [-0.4, -0.2) is 18.8 Å². The van der Waals surface area contributed by atoms with Gasteiger partial charge in [0.2, 0.25) is 5.91 Å². The van der Waals surface area contributed by atoms with Gasteiger partial charge in [-0.15, -0.1) is 11.8 Å². The third-order valence-electron chi connectivity index (χ3n) is 4.53. The molecule has 2 rings (SSSR count). The van der Waals surface area contributed by atoms with E-state index in [1.807, 2.05) is 31.2 Å². The molecule has 0 heterocycles. The highest BCUT2D eigenvalue weighted by Crippen LogP contribution is 2.32. The molecule has 0 aromatic heterocycles. The van der Waals surface area contributed by atoms with Crippen molar-refractivity contribution < 1.29 is 9.53 Å². The molecule has 2 aromatic rings. The number of methoxy groups -OCH3 is 1. The van der Waals surface area contributed by atoms with E-state index in [0.29, 0.717) is 11.7 Å². The topological polar surface area (TPSA) is 38.3 Å². The number of ether oxygens (including phenoxy) is 1. The predicted molar refractivity (Wildman–Crippen MR) is 116 cm³/mol. The number of rotatable bonds is 8. The molecule has 0 bridgehead atoms. The summed E-state index contributed by atoms with van der Waals surface area (Å²) in [5.74, 6) is 2.41. The van der Waals surface area contributed by atoms with Crippen LogP contribution in [0.4, 0.5) is 0 Å². The zero-order valence-electron chi connectivity index (χ0n) is 16.6. The zero-order valence-corrected chi connectivity index (χ0v) is 18.2. The predicted octanol–water partition coefficient (Wildman–Crippen LogP) is 5.89. The Morgan fingerprint density at radius 3 is 2.52 bits per heavy atom. The van der Waals surface area contributed by atoms with Gasteiger partial charge in [-0.25, -0.2) is 0 Å². The number of amides is 1. The molecule has 3 nitrogen and oxygen atoms in total. The van der Waals surface area contributed by atoms with E-state index in [0.717, 1.165) is 38.8 Å². The minimum atomic E-state index is -0.0539. The molecule has 1 atom stereocenters. The van der Waals surface area contributed by atoms with Gasteiger partial charge in [0.05, 0.1) is 18.9 Å². The van der Waals surface area contributed by atoms with Crippen LogP contribution >= 0.6 is 23.4 Å². The molecule has 0 fully saturated rings. The summed E-state index contributed by atoms with van der Waals surface area (Å²) in [7, 11) is 1.70. The molecule has 1 amide bonds. The molecule has 2 aromatic carbocycles. The molecular formula is C22H28ClNO2S.